The molecular weight excluding hydrogens is 382 g/mol. The normalized spacial score (nSPS) is 26.0. The van der Waals surface area contributed by atoms with Crippen molar-refractivity contribution in [2.75, 3.05) is 44.7 Å². The summed E-state index contributed by atoms with van der Waals surface area (Å²) < 4.78 is 38.0. The second-order valence-electron chi connectivity index (χ2n) is 7.42. The van der Waals surface area contributed by atoms with E-state index in [0.29, 0.717) is 45.1 Å². The first-order valence-corrected chi connectivity index (χ1v) is 11.1. The molecule has 0 saturated carbocycles. The molecule has 0 bridgehead atoms. The largest absolute Gasteiger partial charge is 0.379 e. The van der Waals surface area contributed by atoms with Crippen LogP contribution in [0.15, 0.2) is 29.2 Å². The first-order chi connectivity index (χ1) is 13.3. The molecule has 9 heteroatoms. The maximum atomic E-state index is 12.8. The molecule has 3 unspecified atom stereocenters. The van der Waals surface area contributed by atoms with E-state index >= 15 is 0 Å². The van der Waals surface area contributed by atoms with Gasteiger partial charge in [0.2, 0.25) is 15.9 Å². The van der Waals surface area contributed by atoms with Gasteiger partial charge in [-0.1, -0.05) is 6.07 Å². The summed E-state index contributed by atoms with van der Waals surface area (Å²) in [6.07, 6.45) is 0.141. The second kappa shape index (κ2) is 8.87. The fourth-order valence-corrected chi connectivity index (χ4v) is 5.07. The number of rotatable bonds is 5. The average molecular weight is 412 g/mol. The lowest BCUT2D eigenvalue weighted by Gasteiger charge is -2.38. The molecular formula is C19H29N3O5S. The van der Waals surface area contributed by atoms with Gasteiger partial charge in [-0.3, -0.25) is 9.69 Å². The van der Waals surface area contributed by atoms with Gasteiger partial charge in [0.15, 0.2) is 0 Å². The molecule has 156 valence electrons. The van der Waals surface area contributed by atoms with Crippen molar-refractivity contribution in [1.82, 2.24) is 9.21 Å². The Morgan fingerprint density at radius 3 is 2.46 bits per heavy atom. The van der Waals surface area contributed by atoms with Crippen LogP contribution in [0.25, 0.3) is 0 Å². The molecule has 2 heterocycles. The number of benzene rings is 1. The third-order valence-corrected chi connectivity index (χ3v) is 6.98. The lowest BCUT2D eigenvalue weighted by Crippen LogP contribution is -2.52. The first-order valence-electron chi connectivity index (χ1n) is 9.65. The molecule has 2 saturated heterocycles. The van der Waals surface area contributed by atoms with Crippen LogP contribution in [-0.4, -0.2) is 81.2 Å². The standard InChI is InChI=1S/C19H29N3O5S/c1-14-12-21(13-15(2)27-14)16(3)19(23)20-17-5-4-6-18(11-17)28(24,25)22-7-9-26-10-8-22/h4-6,11,14-16H,7-10,12-13H2,1-3H3,(H,20,23). The Bertz CT molecular complexity index is 785. The van der Waals surface area contributed by atoms with Gasteiger partial charge in [-0.15, -0.1) is 0 Å². The minimum absolute atomic E-state index is 0.0704. The Kier molecular flexibility index (Phi) is 6.72. The topological polar surface area (TPSA) is 88.2 Å². The molecule has 1 N–H and O–H groups in total. The van der Waals surface area contributed by atoms with Crippen molar-refractivity contribution < 1.29 is 22.7 Å². The van der Waals surface area contributed by atoms with Gasteiger partial charge in [0.25, 0.3) is 0 Å². The summed E-state index contributed by atoms with van der Waals surface area (Å²) in [6.45, 7) is 8.67. The smallest absolute Gasteiger partial charge is 0.243 e. The van der Waals surface area contributed by atoms with Crippen LogP contribution in [0.2, 0.25) is 0 Å². The van der Waals surface area contributed by atoms with Crippen molar-refractivity contribution in [2.45, 2.75) is 43.9 Å². The number of amides is 1. The third kappa shape index (κ3) is 4.90. The summed E-state index contributed by atoms with van der Waals surface area (Å²) in [5, 5.41) is 2.85. The summed E-state index contributed by atoms with van der Waals surface area (Å²) >= 11 is 0. The molecule has 2 aliphatic heterocycles. The molecule has 3 atom stereocenters. The Labute approximate surface area is 166 Å². The number of ether oxygens (including phenoxy) is 2. The van der Waals surface area contributed by atoms with Gasteiger partial charge in [0.05, 0.1) is 36.4 Å². The monoisotopic (exact) mass is 411 g/mol. The van der Waals surface area contributed by atoms with E-state index in [1.807, 2.05) is 20.8 Å². The van der Waals surface area contributed by atoms with Crippen LogP contribution >= 0.6 is 0 Å². The molecule has 3 rings (SSSR count). The number of carbonyl (C=O) groups excluding carboxylic acids is 1. The molecule has 28 heavy (non-hydrogen) atoms. The van der Waals surface area contributed by atoms with E-state index in [9.17, 15) is 13.2 Å². The Hall–Kier alpha value is -1.52. The summed E-state index contributed by atoms with van der Waals surface area (Å²) in [7, 11) is -3.60. The molecule has 8 nitrogen and oxygen atoms in total. The molecule has 0 aliphatic carbocycles. The number of morpholine rings is 2. The minimum Gasteiger partial charge on any atom is -0.379 e. The van der Waals surface area contributed by atoms with Gasteiger partial charge in [-0.25, -0.2) is 8.42 Å². The van der Waals surface area contributed by atoms with E-state index in [2.05, 4.69) is 10.2 Å². The number of carbonyl (C=O) groups is 1. The number of nitrogens with zero attached hydrogens (tertiary/aromatic N) is 2. The van der Waals surface area contributed by atoms with Crippen molar-refractivity contribution in [3.8, 4) is 0 Å². The molecule has 0 spiro atoms. The van der Waals surface area contributed by atoms with E-state index in [1.165, 1.54) is 10.4 Å². The fourth-order valence-electron chi connectivity index (χ4n) is 3.62. The fraction of sp³-hybridized carbons (Fsp3) is 0.632. The third-order valence-electron chi connectivity index (χ3n) is 5.08. The molecule has 2 fully saturated rings. The van der Waals surface area contributed by atoms with Crippen LogP contribution in [0.1, 0.15) is 20.8 Å². The van der Waals surface area contributed by atoms with E-state index < -0.39 is 10.0 Å². The zero-order valence-electron chi connectivity index (χ0n) is 16.6. The summed E-state index contributed by atoms with van der Waals surface area (Å²) in [4.78, 5) is 15.0. The predicted octanol–water partition coefficient (Wildman–Crippen LogP) is 1.14. The highest BCUT2D eigenvalue weighted by Gasteiger charge is 2.30. The van der Waals surface area contributed by atoms with Gasteiger partial charge < -0.3 is 14.8 Å². The number of anilines is 1. The predicted molar refractivity (Wildman–Crippen MR) is 106 cm³/mol. The van der Waals surface area contributed by atoms with E-state index in [1.54, 1.807) is 18.2 Å². The van der Waals surface area contributed by atoms with Crippen molar-refractivity contribution in [1.29, 1.82) is 0 Å². The molecule has 1 aromatic carbocycles. The summed E-state index contributed by atoms with van der Waals surface area (Å²) in [6, 6.07) is 6.07. The summed E-state index contributed by atoms with van der Waals surface area (Å²) in [5.74, 6) is -0.165. The van der Waals surface area contributed by atoms with E-state index in [0.717, 1.165) is 0 Å². The first kappa shape index (κ1) is 21.2. The zero-order chi connectivity index (χ0) is 20.3. The van der Waals surface area contributed by atoms with Crippen molar-refractivity contribution in [3.63, 3.8) is 0 Å². The molecule has 0 aromatic heterocycles. The highest BCUT2D eigenvalue weighted by Crippen LogP contribution is 2.21. The van der Waals surface area contributed by atoms with Gasteiger partial charge >= 0.3 is 0 Å². The number of sulfonamides is 1. The highest BCUT2D eigenvalue weighted by molar-refractivity contribution is 7.89. The molecule has 1 amide bonds. The van der Waals surface area contributed by atoms with Crippen LogP contribution in [-0.2, 0) is 24.3 Å². The van der Waals surface area contributed by atoms with Gasteiger partial charge in [0, 0.05) is 31.9 Å². The lowest BCUT2D eigenvalue weighted by atomic mass is 10.1. The SMILES string of the molecule is CC1CN(C(C)C(=O)Nc2cccc(S(=O)(=O)N3CCOCC3)c2)CC(C)O1. The van der Waals surface area contributed by atoms with Crippen LogP contribution < -0.4 is 5.32 Å². The highest BCUT2D eigenvalue weighted by atomic mass is 32.2. The number of nitrogens with one attached hydrogen (secondary N) is 1. The van der Waals surface area contributed by atoms with Crippen LogP contribution in [0.3, 0.4) is 0 Å². The van der Waals surface area contributed by atoms with E-state index in [-0.39, 0.29) is 29.1 Å². The molecule has 0 radical (unpaired) electrons. The Morgan fingerprint density at radius 2 is 1.82 bits per heavy atom. The van der Waals surface area contributed by atoms with Crippen LogP contribution in [0.4, 0.5) is 5.69 Å². The summed E-state index contributed by atoms with van der Waals surface area (Å²) in [5.41, 5.74) is 0.473. The van der Waals surface area contributed by atoms with Gasteiger partial charge in [-0.05, 0) is 39.0 Å². The average Bonchev–Trinajstić information content (AvgIpc) is 2.67. The Balaban J connectivity index is 1.69. The Morgan fingerprint density at radius 1 is 1.18 bits per heavy atom. The lowest BCUT2D eigenvalue weighted by molar-refractivity contribution is -0.126. The van der Waals surface area contributed by atoms with Crippen molar-refractivity contribution in [3.05, 3.63) is 24.3 Å². The number of hydrogen-bond acceptors (Lipinski definition) is 6. The van der Waals surface area contributed by atoms with Gasteiger partial charge in [-0.2, -0.15) is 4.31 Å². The van der Waals surface area contributed by atoms with Crippen LogP contribution in [0, 0.1) is 0 Å². The van der Waals surface area contributed by atoms with E-state index in [4.69, 9.17) is 9.47 Å². The molecule has 2 aliphatic rings. The zero-order valence-corrected chi connectivity index (χ0v) is 17.4. The maximum Gasteiger partial charge on any atom is 0.243 e. The van der Waals surface area contributed by atoms with Gasteiger partial charge in [0.1, 0.15) is 0 Å². The van der Waals surface area contributed by atoms with Crippen molar-refractivity contribution >= 4 is 21.6 Å². The minimum atomic E-state index is -3.60. The molecule has 1 aromatic rings. The second-order valence-corrected chi connectivity index (χ2v) is 9.36. The van der Waals surface area contributed by atoms with Crippen molar-refractivity contribution in [2.24, 2.45) is 0 Å². The quantitative estimate of drug-likeness (QED) is 0.782. The van der Waals surface area contributed by atoms with Crippen LogP contribution in [0.5, 0.6) is 0 Å². The number of hydrogen-bond donors (Lipinski definition) is 1. The maximum absolute atomic E-state index is 12.8.